The zero-order chi connectivity index (χ0) is 10.8. The molecule has 1 aromatic carbocycles. The summed E-state index contributed by atoms with van der Waals surface area (Å²) in [6.07, 6.45) is 1.70. The topological polar surface area (TPSA) is 49.3 Å². The fraction of sp³-hybridized carbons (Fsp3) is 0.364. The lowest BCUT2D eigenvalue weighted by atomic mass is 10.1. The van der Waals surface area contributed by atoms with Crippen molar-refractivity contribution in [1.29, 1.82) is 0 Å². The molecule has 0 bridgehead atoms. The van der Waals surface area contributed by atoms with E-state index in [0.29, 0.717) is 11.4 Å². The van der Waals surface area contributed by atoms with Crippen LogP contribution < -0.4 is 5.32 Å². The highest BCUT2D eigenvalue weighted by molar-refractivity contribution is 6.33. The lowest BCUT2D eigenvalue weighted by Crippen LogP contribution is -2.16. The van der Waals surface area contributed by atoms with Crippen LogP contribution in [-0.2, 0) is 11.2 Å². The van der Waals surface area contributed by atoms with Crippen molar-refractivity contribution in [3.63, 3.8) is 0 Å². The molecular formula is C11H12ClNO2. The quantitative estimate of drug-likeness (QED) is 0.831. The molecule has 1 aliphatic rings. The van der Waals surface area contributed by atoms with Crippen molar-refractivity contribution >= 4 is 23.3 Å². The molecule has 2 rings (SSSR count). The summed E-state index contributed by atoms with van der Waals surface area (Å²) in [5, 5.41) is 12.6. The summed E-state index contributed by atoms with van der Waals surface area (Å²) in [7, 11) is 0. The van der Waals surface area contributed by atoms with Gasteiger partial charge in [0.25, 0.3) is 0 Å². The van der Waals surface area contributed by atoms with Crippen molar-refractivity contribution in [2.45, 2.75) is 25.3 Å². The minimum atomic E-state index is -0.751. The average molecular weight is 226 g/mol. The molecular weight excluding hydrogens is 214 g/mol. The van der Waals surface area contributed by atoms with Crippen LogP contribution in [0.2, 0.25) is 5.02 Å². The molecule has 1 atom stereocenters. The normalized spacial score (nSPS) is 18.3. The molecule has 4 heteroatoms. The Morgan fingerprint density at radius 1 is 1.60 bits per heavy atom. The first-order valence-corrected chi connectivity index (χ1v) is 5.30. The van der Waals surface area contributed by atoms with E-state index in [1.807, 2.05) is 18.2 Å². The van der Waals surface area contributed by atoms with E-state index < -0.39 is 5.97 Å². The second kappa shape index (κ2) is 4.11. The number of anilines is 1. The number of halogens is 1. The molecule has 0 radical (unpaired) electrons. The zero-order valence-corrected chi connectivity index (χ0v) is 8.92. The first kappa shape index (κ1) is 10.3. The van der Waals surface area contributed by atoms with Crippen LogP contribution in [0.1, 0.15) is 18.4 Å². The van der Waals surface area contributed by atoms with E-state index in [0.717, 1.165) is 12.1 Å². The molecule has 0 aromatic heterocycles. The highest BCUT2D eigenvalue weighted by atomic mass is 35.5. The smallest absolute Gasteiger partial charge is 0.303 e. The third-order valence-corrected chi connectivity index (χ3v) is 2.94. The van der Waals surface area contributed by atoms with Gasteiger partial charge in [0.15, 0.2) is 0 Å². The number of nitrogens with one attached hydrogen (secondary N) is 1. The lowest BCUT2D eigenvalue weighted by Gasteiger charge is -2.09. The summed E-state index contributed by atoms with van der Waals surface area (Å²) in [4.78, 5) is 10.4. The molecule has 0 aliphatic carbocycles. The van der Waals surface area contributed by atoms with E-state index in [1.165, 1.54) is 5.56 Å². The van der Waals surface area contributed by atoms with E-state index in [4.69, 9.17) is 16.7 Å². The van der Waals surface area contributed by atoms with E-state index >= 15 is 0 Å². The van der Waals surface area contributed by atoms with Crippen LogP contribution in [0.5, 0.6) is 0 Å². The van der Waals surface area contributed by atoms with E-state index in [2.05, 4.69) is 5.32 Å². The highest BCUT2D eigenvalue weighted by Crippen LogP contribution is 2.33. The summed E-state index contributed by atoms with van der Waals surface area (Å²) in [6.45, 7) is 0. The van der Waals surface area contributed by atoms with Crippen molar-refractivity contribution in [2.75, 3.05) is 5.32 Å². The van der Waals surface area contributed by atoms with Crippen LogP contribution >= 0.6 is 11.6 Å². The molecule has 0 saturated heterocycles. The molecule has 15 heavy (non-hydrogen) atoms. The minimum absolute atomic E-state index is 0.198. The Balaban J connectivity index is 2.03. The lowest BCUT2D eigenvalue weighted by molar-refractivity contribution is -0.137. The summed E-state index contributed by atoms with van der Waals surface area (Å²) in [5.74, 6) is -0.751. The van der Waals surface area contributed by atoms with E-state index in [1.54, 1.807) is 0 Å². The third kappa shape index (κ3) is 2.23. The van der Waals surface area contributed by atoms with Crippen molar-refractivity contribution in [3.8, 4) is 0 Å². The number of carboxylic acid groups (broad SMARTS) is 1. The molecule has 0 fully saturated rings. The monoisotopic (exact) mass is 225 g/mol. The number of benzene rings is 1. The van der Waals surface area contributed by atoms with Gasteiger partial charge >= 0.3 is 5.97 Å². The number of fused-ring (bicyclic) bond motifs is 1. The molecule has 0 spiro atoms. The van der Waals surface area contributed by atoms with Gasteiger partial charge in [-0.15, -0.1) is 0 Å². The Morgan fingerprint density at radius 3 is 3.07 bits per heavy atom. The van der Waals surface area contributed by atoms with Crippen molar-refractivity contribution in [2.24, 2.45) is 0 Å². The molecule has 1 aliphatic heterocycles. The van der Waals surface area contributed by atoms with Gasteiger partial charge in [0, 0.05) is 12.5 Å². The van der Waals surface area contributed by atoms with Crippen LogP contribution in [0.15, 0.2) is 18.2 Å². The number of para-hydroxylation sites is 1. The van der Waals surface area contributed by atoms with Gasteiger partial charge in [-0.05, 0) is 24.5 Å². The maximum Gasteiger partial charge on any atom is 0.303 e. The van der Waals surface area contributed by atoms with Crippen LogP contribution in [0, 0.1) is 0 Å². The molecule has 0 amide bonds. The Kier molecular flexibility index (Phi) is 2.82. The fourth-order valence-electron chi connectivity index (χ4n) is 1.89. The average Bonchev–Trinajstić information content (AvgIpc) is 2.59. The summed E-state index contributed by atoms with van der Waals surface area (Å²) in [5.41, 5.74) is 2.15. The van der Waals surface area contributed by atoms with Crippen LogP contribution in [0.25, 0.3) is 0 Å². The second-order valence-corrected chi connectivity index (χ2v) is 4.16. The predicted octanol–water partition coefficient (Wildman–Crippen LogP) is 2.54. The maximum atomic E-state index is 10.4. The Hall–Kier alpha value is -1.22. The Labute approximate surface area is 93.1 Å². The summed E-state index contributed by atoms with van der Waals surface area (Å²) < 4.78 is 0. The fourth-order valence-corrected chi connectivity index (χ4v) is 2.14. The van der Waals surface area contributed by atoms with Gasteiger partial charge in [0.1, 0.15) is 0 Å². The van der Waals surface area contributed by atoms with Crippen LogP contribution in [0.3, 0.4) is 0 Å². The van der Waals surface area contributed by atoms with Gasteiger partial charge in [-0.3, -0.25) is 4.79 Å². The summed E-state index contributed by atoms with van der Waals surface area (Å²) >= 11 is 6.02. The Bertz CT molecular complexity index is 392. The second-order valence-electron chi connectivity index (χ2n) is 3.75. The molecule has 3 nitrogen and oxygen atoms in total. The van der Waals surface area contributed by atoms with Gasteiger partial charge in [0.05, 0.1) is 10.7 Å². The predicted molar refractivity (Wildman–Crippen MR) is 59.4 cm³/mol. The van der Waals surface area contributed by atoms with E-state index in [9.17, 15) is 4.79 Å². The van der Waals surface area contributed by atoms with Gasteiger partial charge in [-0.25, -0.2) is 0 Å². The van der Waals surface area contributed by atoms with E-state index in [-0.39, 0.29) is 12.5 Å². The minimum Gasteiger partial charge on any atom is -0.481 e. The molecule has 1 heterocycles. The van der Waals surface area contributed by atoms with Gasteiger partial charge < -0.3 is 10.4 Å². The SMILES string of the molecule is O=C(O)CCC1Cc2cccc(Cl)c2N1. The van der Waals surface area contributed by atoms with Crippen LogP contribution in [-0.4, -0.2) is 17.1 Å². The van der Waals surface area contributed by atoms with Crippen molar-refractivity contribution < 1.29 is 9.90 Å². The standard InChI is InChI=1S/C11H12ClNO2/c12-9-3-1-2-7-6-8(13-11(7)9)4-5-10(14)15/h1-3,8,13H,4-6H2,(H,14,15). The van der Waals surface area contributed by atoms with Gasteiger partial charge in [-0.1, -0.05) is 23.7 Å². The maximum absolute atomic E-state index is 10.4. The number of hydrogen-bond donors (Lipinski definition) is 2. The van der Waals surface area contributed by atoms with Crippen LogP contribution in [0.4, 0.5) is 5.69 Å². The number of aliphatic carboxylic acids is 1. The molecule has 1 unspecified atom stereocenters. The van der Waals surface area contributed by atoms with Gasteiger partial charge in [0.2, 0.25) is 0 Å². The number of carboxylic acids is 1. The first-order valence-electron chi connectivity index (χ1n) is 4.92. The zero-order valence-electron chi connectivity index (χ0n) is 8.16. The molecule has 1 aromatic rings. The third-order valence-electron chi connectivity index (χ3n) is 2.62. The highest BCUT2D eigenvalue weighted by Gasteiger charge is 2.22. The van der Waals surface area contributed by atoms with Crippen molar-refractivity contribution in [3.05, 3.63) is 28.8 Å². The molecule has 80 valence electrons. The number of hydrogen-bond acceptors (Lipinski definition) is 2. The molecule has 2 N–H and O–H groups in total. The Morgan fingerprint density at radius 2 is 2.40 bits per heavy atom. The largest absolute Gasteiger partial charge is 0.481 e. The number of carbonyl (C=O) groups is 1. The number of rotatable bonds is 3. The van der Waals surface area contributed by atoms with Gasteiger partial charge in [-0.2, -0.15) is 0 Å². The van der Waals surface area contributed by atoms with Crippen molar-refractivity contribution in [1.82, 2.24) is 0 Å². The summed E-state index contributed by atoms with van der Waals surface area (Å²) in [6, 6.07) is 5.99. The first-order chi connectivity index (χ1) is 7.16. The molecule has 0 saturated carbocycles.